The van der Waals surface area contributed by atoms with Crippen molar-refractivity contribution < 1.29 is 8.78 Å². The molecule has 1 unspecified atom stereocenters. The van der Waals surface area contributed by atoms with Crippen LogP contribution in [0.3, 0.4) is 0 Å². The molecule has 0 aromatic heterocycles. The van der Waals surface area contributed by atoms with Gasteiger partial charge in [0.15, 0.2) is 5.83 Å². The van der Waals surface area contributed by atoms with Crippen LogP contribution in [0.2, 0.25) is 0 Å². The van der Waals surface area contributed by atoms with Crippen molar-refractivity contribution in [3.8, 4) is 0 Å². The van der Waals surface area contributed by atoms with Crippen LogP contribution in [0.15, 0.2) is 23.3 Å². The molecular weight excluding hydrogens is 182 g/mol. The quantitative estimate of drug-likeness (QED) is 0.618. The highest BCUT2D eigenvalue weighted by Crippen LogP contribution is 2.35. The molecule has 14 heavy (non-hydrogen) atoms. The molecule has 0 bridgehead atoms. The third kappa shape index (κ3) is 2.43. The van der Waals surface area contributed by atoms with Crippen LogP contribution in [0, 0.1) is 5.92 Å². The molecule has 0 fully saturated rings. The van der Waals surface area contributed by atoms with Gasteiger partial charge >= 0.3 is 0 Å². The summed E-state index contributed by atoms with van der Waals surface area (Å²) in [5, 5.41) is 0. The minimum absolute atomic E-state index is 0.208. The zero-order chi connectivity index (χ0) is 10.6. The number of hydrogen-bond acceptors (Lipinski definition) is 0. The average Bonchev–Trinajstić information content (AvgIpc) is 2.18. The molecule has 2 heteroatoms. The highest BCUT2D eigenvalue weighted by molar-refractivity contribution is 5.32. The average molecular weight is 200 g/mol. The summed E-state index contributed by atoms with van der Waals surface area (Å²) in [4.78, 5) is 0. The van der Waals surface area contributed by atoms with E-state index in [4.69, 9.17) is 0 Å². The topological polar surface area (TPSA) is 0 Å². The summed E-state index contributed by atoms with van der Waals surface area (Å²) in [7, 11) is 0. The van der Waals surface area contributed by atoms with Crippen molar-refractivity contribution in [3.63, 3.8) is 0 Å². The molecule has 80 valence electrons. The van der Waals surface area contributed by atoms with Crippen molar-refractivity contribution >= 4 is 0 Å². The molecule has 0 amide bonds. The van der Waals surface area contributed by atoms with E-state index in [1.54, 1.807) is 0 Å². The second-order valence-corrected chi connectivity index (χ2v) is 3.86. The van der Waals surface area contributed by atoms with Gasteiger partial charge in [0.2, 0.25) is 0 Å². The Balaban J connectivity index is 2.72. The van der Waals surface area contributed by atoms with Gasteiger partial charge in [-0.25, -0.2) is 8.78 Å². The third-order valence-corrected chi connectivity index (χ3v) is 2.66. The minimum Gasteiger partial charge on any atom is -0.208 e. The maximum atomic E-state index is 13.5. The number of halogens is 2. The molecule has 1 aliphatic rings. The van der Waals surface area contributed by atoms with Crippen LogP contribution >= 0.6 is 0 Å². The van der Waals surface area contributed by atoms with Crippen molar-refractivity contribution in [1.82, 2.24) is 0 Å². The Morgan fingerprint density at radius 2 is 2.00 bits per heavy atom. The largest absolute Gasteiger partial charge is 0.208 e. The monoisotopic (exact) mass is 200 g/mol. The minimum atomic E-state index is -0.587. The molecule has 0 aromatic rings. The van der Waals surface area contributed by atoms with E-state index in [9.17, 15) is 8.78 Å². The molecule has 1 rings (SSSR count). The summed E-state index contributed by atoms with van der Waals surface area (Å²) in [6.07, 6.45) is 5.70. The number of allylic oxidation sites excluding steroid dienone is 4. The van der Waals surface area contributed by atoms with E-state index in [-0.39, 0.29) is 5.92 Å². The Morgan fingerprint density at radius 3 is 2.57 bits per heavy atom. The SMILES string of the molecule is CCCC1=CCC(CCC)C(F)=C1F. The van der Waals surface area contributed by atoms with Crippen molar-refractivity contribution in [2.75, 3.05) is 0 Å². The van der Waals surface area contributed by atoms with Crippen molar-refractivity contribution in [3.05, 3.63) is 23.3 Å². The van der Waals surface area contributed by atoms with E-state index in [0.717, 1.165) is 19.3 Å². The molecule has 0 aliphatic heterocycles. The zero-order valence-corrected chi connectivity index (χ0v) is 8.95. The molecule has 0 heterocycles. The lowest BCUT2D eigenvalue weighted by Gasteiger charge is -2.19. The second kappa shape index (κ2) is 5.28. The van der Waals surface area contributed by atoms with Gasteiger partial charge < -0.3 is 0 Å². The Labute approximate surface area is 84.7 Å². The van der Waals surface area contributed by atoms with Gasteiger partial charge in [0.25, 0.3) is 0 Å². The lowest BCUT2D eigenvalue weighted by Crippen LogP contribution is -2.07. The van der Waals surface area contributed by atoms with Gasteiger partial charge in [-0.15, -0.1) is 0 Å². The first-order valence-electron chi connectivity index (χ1n) is 5.45. The van der Waals surface area contributed by atoms with Gasteiger partial charge in [-0.1, -0.05) is 32.8 Å². The first-order valence-corrected chi connectivity index (χ1v) is 5.45. The van der Waals surface area contributed by atoms with Gasteiger partial charge in [-0.05, 0) is 24.8 Å². The fourth-order valence-corrected chi connectivity index (χ4v) is 1.88. The van der Waals surface area contributed by atoms with E-state index in [2.05, 4.69) is 0 Å². The predicted octanol–water partition coefficient (Wildman–Crippen LogP) is 4.68. The lowest BCUT2D eigenvalue weighted by molar-refractivity contribution is 0.395. The van der Waals surface area contributed by atoms with Crippen LogP contribution in [0.25, 0.3) is 0 Å². The molecule has 0 saturated heterocycles. The zero-order valence-electron chi connectivity index (χ0n) is 8.95. The van der Waals surface area contributed by atoms with Gasteiger partial charge in [-0.3, -0.25) is 0 Å². The highest BCUT2D eigenvalue weighted by Gasteiger charge is 2.23. The van der Waals surface area contributed by atoms with Crippen LogP contribution in [-0.4, -0.2) is 0 Å². The molecule has 1 atom stereocenters. The fourth-order valence-electron chi connectivity index (χ4n) is 1.88. The third-order valence-electron chi connectivity index (χ3n) is 2.66. The highest BCUT2D eigenvalue weighted by atomic mass is 19.2. The second-order valence-electron chi connectivity index (χ2n) is 3.86. The summed E-state index contributed by atoms with van der Waals surface area (Å²) in [6.45, 7) is 3.97. The van der Waals surface area contributed by atoms with E-state index < -0.39 is 11.7 Å². The van der Waals surface area contributed by atoms with Crippen molar-refractivity contribution in [2.45, 2.75) is 46.0 Å². The van der Waals surface area contributed by atoms with Crippen molar-refractivity contribution in [1.29, 1.82) is 0 Å². The Hall–Kier alpha value is -0.660. The first kappa shape index (κ1) is 11.4. The van der Waals surface area contributed by atoms with E-state index in [1.807, 2.05) is 19.9 Å². The molecule has 0 radical (unpaired) electrons. The van der Waals surface area contributed by atoms with Gasteiger partial charge in [0, 0.05) is 5.92 Å². The smallest absolute Gasteiger partial charge is 0.157 e. The summed E-state index contributed by atoms with van der Waals surface area (Å²) >= 11 is 0. The van der Waals surface area contributed by atoms with Crippen LogP contribution in [0.5, 0.6) is 0 Å². The van der Waals surface area contributed by atoms with E-state index in [1.165, 1.54) is 0 Å². The molecule has 0 spiro atoms. The van der Waals surface area contributed by atoms with E-state index in [0.29, 0.717) is 18.4 Å². The lowest BCUT2D eigenvalue weighted by atomic mass is 9.89. The summed E-state index contributed by atoms with van der Waals surface area (Å²) in [5.41, 5.74) is 0.567. The molecule has 0 nitrogen and oxygen atoms in total. The Morgan fingerprint density at radius 1 is 1.29 bits per heavy atom. The van der Waals surface area contributed by atoms with Gasteiger partial charge in [-0.2, -0.15) is 0 Å². The molecule has 0 saturated carbocycles. The normalized spacial score (nSPS) is 22.6. The Kier molecular flexibility index (Phi) is 4.30. The number of hydrogen-bond donors (Lipinski definition) is 0. The Bertz CT molecular complexity index is 251. The van der Waals surface area contributed by atoms with Gasteiger partial charge in [0.05, 0.1) is 0 Å². The van der Waals surface area contributed by atoms with Crippen molar-refractivity contribution in [2.24, 2.45) is 5.92 Å². The molecule has 0 aromatic carbocycles. The van der Waals surface area contributed by atoms with Crippen LogP contribution < -0.4 is 0 Å². The van der Waals surface area contributed by atoms with E-state index >= 15 is 0 Å². The first-order chi connectivity index (χ1) is 6.70. The maximum absolute atomic E-state index is 13.5. The predicted molar refractivity (Wildman–Crippen MR) is 55.2 cm³/mol. The van der Waals surface area contributed by atoms with Gasteiger partial charge in [0.1, 0.15) is 5.83 Å². The fraction of sp³-hybridized carbons (Fsp3) is 0.667. The molecule has 1 aliphatic carbocycles. The number of rotatable bonds is 4. The van der Waals surface area contributed by atoms with Crippen LogP contribution in [0.4, 0.5) is 8.78 Å². The maximum Gasteiger partial charge on any atom is 0.157 e. The summed E-state index contributed by atoms with van der Waals surface area (Å²) in [5.74, 6) is -1.31. The standard InChI is InChI=1S/C12H18F2/c1-3-5-9-7-8-10(6-4-2)12(14)11(9)13/h7,10H,3-6,8H2,1-2H3. The summed E-state index contributed by atoms with van der Waals surface area (Å²) in [6, 6.07) is 0. The molecule has 0 N–H and O–H groups in total. The van der Waals surface area contributed by atoms with Crippen LogP contribution in [-0.2, 0) is 0 Å². The summed E-state index contributed by atoms with van der Waals surface area (Å²) < 4.78 is 26.9. The molecular formula is C12H18F2. The van der Waals surface area contributed by atoms with Crippen LogP contribution in [0.1, 0.15) is 46.0 Å².